The minimum Gasteiger partial charge on any atom is -0.486 e. The first kappa shape index (κ1) is 16.1. The van der Waals surface area contributed by atoms with Crippen LogP contribution < -0.4 is 10.1 Å². The van der Waals surface area contributed by atoms with Crippen LogP contribution in [0.15, 0.2) is 24.3 Å². The summed E-state index contributed by atoms with van der Waals surface area (Å²) in [6.07, 6.45) is -4.11. The molecule has 1 aliphatic rings. The molecule has 0 unspecified atom stereocenters. The number of alkyl halides is 2. The quantitative estimate of drug-likeness (QED) is 0.818. The van der Waals surface area contributed by atoms with Crippen LogP contribution in [0, 0.1) is 5.82 Å². The first-order valence-corrected chi connectivity index (χ1v) is 6.69. The number of carbonyl (C=O) groups excluding carboxylic acids is 2. The lowest BCUT2D eigenvalue weighted by molar-refractivity contribution is -0.129. The number of nitrogens with zero attached hydrogens (tertiary/aromatic N) is 1. The second-order valence-electron chi connectivity index (χ2n) is 4.94. The minimum absolute atomic E-state index is 0.00816. The van der Waals surface area contributed by atoms with E-state index in [0.717, 1.165) is 4.90 Å². The number of para-hydroxylation sites is 1. The fourth-order valence-electron chi connectivity index (χ4n) is 2.14. The third kappa shape index (κ3) is 3.69. The van der Waals surface area contributed by atoms with Crippen molar-refractivity contribution in [3.63, 3.8) is 0 Å². The largest absolute Gasteiger partial charge is 0.486 e. The Bertz CT molecular complexity index is 568. The van der Waals surface area contributed by atoms with Crippen molar-refractivity contribution >= 4 is 11.9 Å². The van der Waals surface area contributed by atoms with E-state index in [1.165, 1.54) is 18.2 Å². The van der Waals surface area contributed by atoms with Gasteiger partial charge in [-0.25, -0.2) is 18.0 Å². The summed E-state index contributed by atoms with van der Waals surface area (Å²) in [4.78, 5) is 24.3. The standard InChI is InChI=1S/C14H15F3N2O3/c1-8(22-11-5-3-2-4-9(11)15)7-19-13(20)10(6-12(16)17)18-14(19)21/h2-5,8,10,12H,6-7H2,1H3,(H,18,21)/t8-,10+/m1/s1. The molecule has 2 rings (SSSR count). The molecule has 1 aromatic rings. The number of nitrogens with one attached hydrogen (secondary N) is 1. The molecule has 0 aromatic heterocycles. The molecule has 1 saturated heterocycles. The second-order valence-corrected chi connectivity index (χ2v) is 4.94. The van der Waals surface area contributed by atoms with Crippen molar-refractivity contribution in [2.75, 3.05) is 6.54 Å². The zero-order valence-electron chi connectivity index (χ0n) is 11.8. The van der Waals surface area contributed by atoms with Gasteiger partial charge in [-0.2, -0.15) is 0 Å². The molecule has 2 atom stereocenters. The molecule has 1 N–H and O–H groups in total. The number of imide groups is 1. The van der Waals surface area contributed by atoms with E-state index in [2.05, 4.69) is 5.32 Å². The summed E-state index contributed by atoms with van der Waals surface area (Å²) in [6.45, 7) is 1.40. The number of urea groups is 1. The molecular weight excluding hydrogens is 301 g/mol. The van der Waals surface area contributed by atoms with Crippen LogP contribution in [-0.2, 0) is 4.79 Å². The Morgan fingerprint density at radius 1 is 1.32 bits per heavy atom. The third-order valence-electron chi connectivity index (χ3n) is 3.13. The number of amides is 3. The van der Waals surface area contributed by atoms with Gasteiger partial charge in [-0.1, -0.05) is 12.1 Å². The predicted octanol–water partition coefficient (Wildman–Crippen LogP) is 2.17. The number of benzene rings is 1. The van der Waals surface area contributed by atoms with Gasteiger partial charge in [0.2, 0.25) is 6.43 Å². The zero-order chi connectivity index (χ0) is 16.3. The molecule has 0 radical (unpaired) electrons. The SMILES string of the molecule is C[C@H](CN1C(=O)N[C@@H](CC(F)F)C1=O)Oc1ccccc1F. The van der Waals surface area contributed by atoms with Crippen molar-refractivity contribution in [2.45, 2.75) is 31.9 Å². The van der Waals surface area contributed by atoms with Crippen molar-refractivity contribution in [2.24, 2.45) is 0 Å². The van der Waals surface area contributed by atoms with E-state index >= 15 is 0 Å². The Balaban J connectivity index is 1.96. The van der Waals surface area contributed by atoms with Crippen molar-refractivity contribution in [1.82, 2.24) is 10.2 Å². The molecule has 8 heteroatoms. The number of carbonyl (C=O) groups is 2. The zero-order valence-corrected chi connectivity index (χ0v) is 11.8. The van der Waals surface area contributed by atoms with Crippen molar-refractivity contribution in [3.05, 3.63) is 30.1 Å². The summed E-state index contributed by atoms with van der Waals surface area (Å²) in [7, 11) is 0. The first-order valence-electron chi connectivity index (χ1n) is 6.69. The maximum atomic E-state index is 13.5. The van der Waals surface area contributed by atoms with Gasteiger partial charge in [0.05, 0.1) is 6.54 Å². The molecule has 0 spiro atoms. The average molecular weight is 316 g/mol. The molecule has 3 amide bonds. The van der Waals surface area contributed by atoms with Gasteiger partial charge in [-0.3, -0.25) is 9.69 Å². The van der Waals surface area contributed by atoms with Gasteiger partial charge >= 0.3 is 6.03 Å². The van der Waals surface area contributed by atoms with E-state index < -0.39 is 42.7 Å². The Labute approximate surface area is 125 Å². The lowest BCUT2D eigenvalue weighted by atomic mass is 10.2. The predicted molar refractivity (Wildman–Crippen MR) is 71.1 cm³/mol. The maximum absolute atomic E-state index is 13.5. The van der Waals surface area contributed by atoms with Crippen molar-refractivity contribution in [1.29, 1.82) is 0 Å². The normalized spacial score (nSPS) is 19.5. The van der Waals surface area contributed by atoms with Crippen LogP contribution in [0.1, 0.15) is 13.3 Å². The van der Waals surface area contributed by atoms with Crippen LogP contribution >= 0.6 is 0 Å². The van der Waals surface area contributed by atoms with E-state index in [4.69, 9.17) is 4.74 Å². The van der Waals surface area contributed by atoms with Gasteiger partial charge in [0.25, 0.3) is 5.91 Å². The highest BCUT2D eigenvalue weighted by atomic mass is 19.3. The Kier molecular flexibility index (Phi) is 4.89. The topological polar surface area (TPSA) is 58.6 Å². The molecule has 1 heterocycles. The summed E-state index contributed by atoms with van der Waals surface area (Å²) in [6, 6.07) is 3.73. The molecule has 0 bridgehead atoms. The molecule has 1 aliphatic heterocycles. The third-order valence-corrected chi connectivity index (χ3v) is 3.13. The molecule has 0 aliphatic carbocycles. The molecule has 22 heavy (non-hydrogen) atoms. The highest BCUT2D eigenvalue weighted by molar-refractivity contribution is 6.04. The summed E-state index contributed by atoms with van der Waals surface area (Å²) in [5.41, 5.74) is 0. The first-order chi connectivity index (χ1) is 10.4. The molecule has 0 saturated carbocycles. The van der Waals surface area contributed by atoms with E-state index in [9.17, 15) is 22.8 Å². The average Bonchev–Trinajstić information content (AvgIpc) is 2.68. The number of rotatable bonds is 6. The van der Waals surface area contributed by atoms with E-state index in [0.29, 0.717) is 0 Å². The number of halogens is 3. The fourth-order valence-corrected chi connectivity index (χ4v) is 2.14. The molecule has 1 aromatic carbocycles. The lowest BCUT2D eigenvalue weighted by Gasteiger charge is -2.20. The highest BCUT2D eigenvalue weighted by Gasteiger charge is 2.40. The fraction of sp³-hybridized carbons (Fsp3) is 0.429. The Morgan fingerprint density at radius 3 is 2.64 bits per heavy atom. The van der Waals surface area contributed by atoms with Gasteiger partial charge in [0.15, 0.2) is 11.6 Å². The van der Waals surface area contributed by atoms with Crippen LogP contribution in [0.4, 0.5) is 18.0 Å². The van der Waals surface area contributed by atoms with E-state index in [1.54, 1.807) is 13.0 Å². The van der Waals surface area contributed by atoms with Crippen molar-refractivity contribution in [3.8, 4) is 5.75 Å². The molecule has 1 fully saturated rings. The van der Waals surface area contributed by atoms with Gasteiger partial charge in [0.1, 0.15) is 12.1 Å². The monoisotopic (exact) mass is 316 g/mol. The lowest BCUT2D eigenvalue weighted by Crippen LogP contribution is -2.39. The Hall–Kier alpha value is -2.25. The smallest absolute Gasteiger partial charge is 0.324 e. The molecule has 5 nitrogen and oxygen atoms in total. The Morgan fingerprint density at radius 2 is 2.00 bits per heavy atom. The van der Waals surface area contributed by atoms with Gasteiger partial charge in [0, 0.05) is 6.42 Å². The maximum Gasteiger partial charge on any atom is 0.324 e. The summed E-state index contributed by atoms with van der Waals surface area (Å²) in [5, 5.41) is 2.19. The summed E-state index contributed by atoms with van der Waals surface area (Å²) < 4.78 is 43.4. The number of hydrogen-bond donors (Lipinski definition) is 1. The van der Waals surface area contributed by atoms with Crippen LogP contribution in [-0.4, -0.2) is 42.0 Å². The van der Waals surface area contributed by atoms with Gasteiger partial charge in [-0.15, -0.1) is 0 Å². The van der Waals surface area contributed by atoms with Crippen molar-refractivity contribution < 1.29 is 27.5 Å². The van der Waals surface area contributed by atoms with E-state index in [-0.39, 0.29) is 12.3 Å². The minimum atomic E-state index is -2.69. The van der Waals surface area contributed by atoms with Crippen LogP contribution in [0.25, 0.3) is 0 Å². The summed E-state index contributed by atoms with van der Waals surface area (Å²) >= 11 is 0. The van der Waals surface area contributed by atoms with Crippen LogP contribution in [0.5, 0.6) is 5.75 Å². The second kappa shape index (κ2) is 6.67. The molecular formula is C14H15F3N2O3. The van der Waals surface area contributed by atoms with Crippen LogP contribution in [0.3, 0.4) is 0 Å². The highest BCUT2D eigenvalue weighted by Crippen LogP contribution is 2.19. The summed E-state index contributed by atoms with van der Waals surface area (Å²) in [5.74, 6) is -1.30. The van der Waals surface area contributed by atoms with Gasteiger partial charge < -0.3 is 10.1 Å². The molecule has 120 valence electrons. The number of ether oxygens (including phenoxy) is 1. The van der Waals surface area contributed by atoms with E-state index in [1.807, 2.05) is 0 Å². The van der Waals surface area contributed by atoms with Gasteiger partial charge in [-0.05, 0) is 19.1 Å². The number of hydrogen-bond acceptors (Lipinski definition) is 3. The van der Waals surface area contributed by atoms with Crippen LogP contribution in [0.2, 0.25) is 0 Å².